The van der Waals surface area contributed by atoms with Crippen molar-refractivity contribution < 1.29 is 5.11 Å². The number of nitrogen functional groups attached to an aromatic ring is 1. The van der Waals surface area contributed by atoms with Crippen LogP contribution in [0.25, 0.3) is 0 Å². The van der Waals surface area contributed by atoms with Crippen LogP contribution in [-0.2, 0) is 0 Å². The molecule has 2 heterocycles. The third-order valence-corrected chi connectivity index (χ3v) is 2.69. The van der Waals surface area contributed by atoms with E-state index in [0.717, 1.165) is 19.4 Å². The van der Waals surface area contributed by atoms with Crippen molar-refractivity contribution in [2.75, 3.05) is 18.0 Å². The number of aliphatic hydroxyl groups excluding tert-OH is 1. The van der Waals surface area contributed by atoms with E-state index in [0.29, 0.717) is 17.9 Å². The number of nitrogens with zero attached hydrogens (tertiary/aromatic N) is 3. The van der Waals surface area contributed by atoms with Crippen LogP contribution in [0.3, 0.4) is 0 Å². The van der Waals surface area contributed by atoms with Gasteiger partial charge in [0.05, 0.1) is 17.9 Å². The Morgan fingerprint density at radius 2 is 2.44 bits per heavy atom. The second kappa shape index (κ2) is 4.44. The van der Waals surface area contributed by atoms with Gasteiger partial charge in [0.25, 0.3) is 0 Å². The van der Waals surface area contributed by atoms with Gasteiger partial charge in [0.1, 0.15) is 5.84 Å². The number of hydrogen-bond acceptors (Lipinski definition) is 5. The van der Waals surface area contributed by atoms with Crippen LogP contribution < -0.4 is 10.6 Å². The van der Waals surface area contributed by atoms with Crippen molar-refractivity contribution in [2.45, 2.75) is 18.9 Å². The Hall–Kier alpha value is -1.69. The first-order chi connectivity index (χ1) is 7.68. The lowest BCUT2D eigenvalue weighted by Crippen LogP contribution is -2.40. The SMILES string of the molecule is N=C(N)c1ccnnc1N1CCCC(O)C1. The molecule has 0 saturated carbocycles. The maximum atomic E-state index is 9.60. The van der Waals surface area contributed by atoms with E-state index in [1.165, 1.54) is 6.20 Å². The zero-order chi connectivity index (χ0) is 11.5. The highest BCUT2D eigenvalue weighted by Gasteiger charge is 2.21. The van der Waals surface area contributed by atoms with Gasteiger partial charge >= 0.3 is 0 Å². The number of β-amino-alcohol motifs (C(OH)–C–C–N with tert-alkyl or cyclic N) is 1. The van der Waals surface area contributed by atoms with Gasteiger partial charge in [0.2, 0.25) is 0 Å². The minimum atomic E-state index is -0.337. The van der Waals surface area contributed by atoms with E-state index in [-0.39, 0.29) is 11.9 Å². The van der Waals surface area contributed by atoms with E-state index in [1.807, 2.05) is 4.90 Å². The molecule has 0 radical (unpaired) electrons. The number of nitrogens with two attached hydrogens (primary N) is 1. The zero-order valence-electron chi connectivity index (χ0n) is 8.93. The maximum absolute atomic E-state index is 9.60. The van der Waals surface area contributed by atoms with Crippen LogP contribution in [0.5, 0.6) is 0 Å². The maximum Gasteiger partial charge on any atom is 0.162 e. The number of nitrogens with one attached hydrogen (secondary N) is 1. The molecule has 4 N–H and O–H groups in total. The Morgan fingerprint density at radius 1 is 1.62 bits per heavy atom. The lowest BCUT2D eigenvalue weighted by molar-refractivity contribution is 0.153. The summed E-state index contributed by atoms with van der Waals surface area (Å²) < 4.78 is 0. The van der Waals surface area contributed by atoms with E-state index in [9.17, 15) is 5.11 Å². The summed E-state index contributed by atoms with van der Waals surface area (Å²) in [6.45, 7) is 1.34. The summed E-state index contributed by atoms with van der Waals surface area (Å²) in [7, 11) is 0. The number of piperidine rings is 1. The molecule has 1 atom stereocenters. The van der Waals surface area contributed by atoms with Gasteiger partial charge in [0, 0.05) is 13.1 Å². The average molecular weight is 221 g/mol. The van der Waals surface area contributed by atoms with Crippen molar-refractivity contribution in [2.24, 2.45) is 5.73 Å². The summed E-state index contributed by atoms with van der Waals surface area (Å²) in [5.74, 6) is 0.568. The Morgan fingerprint density at radius 3 is 3.12 bits per heavy atom. The molecule has 6 heteroatoms. The van der Waals surface area contributed by atoms with Crippen LogP contribution in [0.15, 0.2) is 12.3 Å². The fourth-order valence-electron chi connectivity index (χ4n) is 1.92. The van der Waals surface area contributed by atoms with Crippen molar-refractivity contribution in [3.8, 4) is 0 Å². The van der Waals surface area contributed by atoms with Crippen LogP contribution in [0.2, 0.25) is 0 Å². The number of aliphatic hydroxyl groups is 1. The van der Waals surface area contributed by atoms with Gasteiger partial charge in [-0.05, 0) is 18.9 Å². The molecule has 0 bridgehead atoms. The molecule has 16 heavy (non-hydrogen) atoms. The first-order valence-corrected chi connectivity index (χ1v) is 5.27. The highest BCUT2D eigenvalue weighted by Crippen LogP contribution is 2.20. The van der Waals surface area contributed by atoms with Gasteiger partial charge < -0.3 is 15.7 Å². The quantitative estimate of drug-likeness (QED) is 0.471. The molecular weight excluding hydrogens is 206 g/mol. The smallest absolute Gasteiger partial charge is 0.162 e. The first kappa shape index (κ1) is 10.8. The van der Waals surface area contributed by atoms with Crippen molar-refractivity contribution in [1.82, 2.24) is 10.2 Å². The number of aromatic nitrogens is 2. The van der Waals surface area contributed by atoms with Crippen LogP contribution in [-0.4, -0.2) is 40.3 Å². The van der Waals surface area contributed by atoms with Crippen molar-refractivity contribution >= 4 is 11.7 Å². The van der Waals surface area contributed by atoms with E-state index in [2.05, 4.69) is 10.2 Å². The summed E-state index contributed by atoms with van der Waals surface area (Å²) >= 11 is 0. The third kappa shape index (κ3) is 2.11. The highest BCUT2D eigenvalue weighted by molar-refractivity contribution is 5.99. The molecule has 0 aliphatic carbocycles. The molecule has 0 spiro atoms. The van der Waals surface area contributed by atoms with Crippen molar-refractivity contribution in [3.05, 3.63) is 17.8 Å². The second-order valence-corrected chi connectivity index (χ2v) is 3.92. The molecule has 1 fully saturated rings. The Kier molecular flexibility index (Phi) is 3.00. The summed E-state index contributed by atoms with van der Waals surface area (Å²) in [5.41, 5.74) is 6.06. The normalized spacial score (nSPS) is 20.8. The summed E-state index contributed by atoms with van der Waals surface area (Å²) in [6, 6.07) is 1.67. The average Bonchev–Trinajstić information content (AvgIpc) is 2.29. The largest absolute Gasteiger partial charge is 0.391 e. The van der Waals surface area contributed by atoms with E-state index in [1.54, 1.807) is 6.07 Å². The number of hydrogen-bond donors (Lipinski definition) is 3. The first-order valence-electron chi connectivity index (χ1n) is 5.27. The molecular formula is C10H15N5O. The van der Waals surface area contributed by atoms with Gasteiger partial charge in [-0.25, -0.2) is 0 Å². The Bertz CT molecular complexity index is 395. The number of amidine groups is 1. The molecule has 1 aliphatic rings. The monoisotopic (exact) mass is 221 g/mol. The minimum Gasteiger partial charge on any atom is -0.391 e. The number of rotatable bonds is 2. The molecule has 0 aromatic carbocycles. The molecule has 86 valence electrons. The Balaban J connectivity index is 2.28. The topological polar surface area (TPSA) is 99.1 Å². The van der Waals surface area contributed by atoms with Gasteiger partial charge in [-0.15, -0.1) is 5.10 Å². The van der Waals surface area contributed by atoms with E-state index in [4.69, 9.17) is 11.1 Å². The lowest BCUT2D eigenvalue weighted by Gasteiger charge is -2.31. The molecule has 1 aromatic heterocycles. The molecule has 1 aliphatic heterocycles. The van der Waals surface area contributed by atoms with Gasteiger partial charge in [-0.2, -0.15) is 5.10 Å². The van der Waals surface area contributed by atoms with Crippen LogP contribution in [0, 0.1) is 5.41 Å². The van der Waals surface area contributed by atoms with E-state index < -0.39 is 0 Å². The molecule has 1 aromatic rings. The summed E-state index contributed by atoms with van der Waals surface area (Å²) in [5, 5.41) is 24.9. The fraction of sp³-hybridized carbons (Fsp3) is 0.500. The lowest BCUT2D eigenvalue weighted by atomic mass is 10.1. The van der Waals surface area contributed by atoms with Crippen LogP contribution in [0.4, 0.5) is 5.82 Å². The zero-order valence-corrected chi connectivity index (χ0v) is 8.93. The standard InChI is InChI=1S/C10H15N5O/c11-9(12)8-3-4-13-14-10(8)15-5-1-2-7(16)6-15/h3-4,7,16H,1-2,5-6H2,(H3,11,12). The molecule has 1 saturated heterocycles. The molecule has 2 rings (SSSR count). The fourth-order valence-corrected chi connectivity index (χ4v) is 1.92. The van der Waals surface area contributed by atoms with Crippen LogP contribution in [0.1, 0.15) is 18.4 Å². The third-order valence-electron chi connectivity index (χ3n) is 2.69. The summed E-state index contributed by atoms with van der Waals surface area (Å²) in [4.78, 5) is 1.93. The minimum absolute atomic E-state index is 0.0232. The van der Waals surface area contributed by atoms with Gasteiger partial charge in [-0.3, -0.25) is 5.41 Å². The number of anilines is 1. The van der Waals surface area contributed by atoms with Gasteiger partial charge in [0.15, 0.2) is 5.82 Å². The Labute approximate surface area is 93.6 Å². The molecule has 6 nitrogen and oxygen atoms in total. The highest BCUT2D eigenvalue weighted by atomic mass is 16.3. The predicted octanol–water partition coefficient (Wildman–Crippen LogP) is -0.278. The second-order valence-electron chi connectivity index (χ2n) is 3.92. The molecule has 0 amide bonds. The summed E-state index contributed by atoms with van der Waals surface area (Å²) in [6.07, 6.45) is 2.90. The van der Waals surface area contributed by atoms with Crippen molar-refractivity contribution in [3.63, 3.8) is 0 Å². The van der Waals surface area contributed by atoms with Crippen LogP contribution >= 0.6 is 0 Å². The van der Waals surface area contributed by atoms with Crippen molar-refractivity contribution in [1.29, 1.82) is 5.41 Å². The molecule has 1 unspecified atom stereocenters. The predicted molar refractivity (Wildman–Crippen MR) is 60.5 cm³/mol. The van der Waals surface area contributed by atoms with E-state index >= 15 is 0 Å². The van der Waals surface area contributed by atoms with Gasteiger partial charge in [-0.1, -0.05) is 0 Å².